The van der Waals surface area contributed by atoms with Gasteiger partial charge in [-0.05, 0) is 138 Å². The quantitative estimate of drug-likeness (QED) is 0.0234. The Morgan fingerprint density at radius 2 is 0.726 bits per heavy atom. The van der Waals surface area contributed by atoms with E-state index in [1.807, 2.05) is 60.7 Å². The SMILES string of the molecule is CC/C(=C(\c1ccccc1)c1ccc(/C=C/C#N)cc1)c1ccccc1.CC/C(=C(\c1ccccc1)c1ccc(/C=C/C(N)=N/O)cc1)c1ccccc1.CC/C(=C(\c1ccccc1)c1ccc(/C=C/c2noc(C)n2)cc1)c1ccccc1. The number of oxime groups is 1. The summed E-state index contributed by atoms with van der Waals surface area (Å²) in [6, 6.07) is 90.7. The molecular weight excluding hydrogens is 1030 g/mol. The van der Waals surface area contributed by atoms with E-state index >= 15 is 0 Å². The first kappa shape index (κ1) is 59.4. The summed E-state index contributed by atoms with van der Waals surface area (Å²) >= 11 is 0. The molecule has 0 saturated heterocycles. The number of hydrogen-bond donors (Lipinski definition) is 2. The Balaban J connectivity index is 0.000000165. The van der Waals surface area contributed by atoms with E-state index in [9.17, 15) is 0 Å². The molecular formula is C77H69N5O2. The molecule has 0 aliphatic rings. The smallest absolute Gasteiger partial charge is 0.223 e. The third kappa shape index (κ3) is 16.5. The molecule has 414 valence electrons. The summed E-state index contributed by atoms with van der Waals surface area (Å²) < 4.78 is 5.01. The van der Waals surface area contributed by atoms with Crippen molar-refractivity contribution in [2.24, 2.45) is 10.9 Å². The highest BCUT2D eigenvalue weighted by molar-refractivity contribution is 6.01. The van der Waals surface area contributed by atoms with Crippen molar-refractivity contribution in [3.05, 3.63) is 345 Å². The van der Waals surface area contributed by atoms with E-state index in [1.54, 1.807) is 13.0 Å². The third-order valence-corrected chi connectivity index (χ3v) is 14.0. The molecule has 0 amide bonds. The molecule has 0 aliphatic heterocycles. The van der Waals surface area contributed by atoms with Gasteiger partial charge in [0.25, 0.3) is 0 Å². The minimum atomic E-state index is 0.0753. The minimum absolute atomic E-state index is 0.0753. The predicted octanol–water partition coefficient (Wildman–Crippen LogP) is 19.3. The summed E-state index contributed by atoms with van der Waals surface area (Å²) in [4.78, 5) is 4.21. The van der Waals surface area contributed by atoms with Crippen LogP contribution in [0, 0.1) is 18.3 Å². The summed E-state index contributed by atoms with van der Waals surface area (Å²) in [5.41, 5.74) is 27.3. The molecule has 0 atom stereocenters. The van der Waals surface area contributed by atoms with Crippen molar-refractivity contribution in [3.8, 4) is 6.07 Å². The second kappa shape index (κ2) is 31.4. The van der Waals surface area contributed by atoms with E-state index in [2.05, 4.69) is 261 Å². The number of allylic oxidation sites excluding steroid dienone is 4. The molecule has 10 aromatic rings. The highest BCUT2D eigenvalue weighted by Crippen LogP contribution is 2.37. The summed E-state index contributed by atoms with van der Waals surface area (Å²) in [5, 5.41) is 24.2. The highest BCUT2D eigenvalue weighted by atomic mass is 16.5. The van der Waals surface area contributed by atoms with Gasteiger partial charge in [0, 0.05) is 13.0 Å². The van der Waals surface area contributed by atoms with Gasteiger partial charge >= 0.3 is 0 Å². The number of aryl methyl sites for hydroxylation is 1. The second-order valence-corrected chi connectivity index (χ2v) is 19.5. The highest BCUT2D eigenvalue weighted by Gasteiger charge is 2.16. The first-order chi connectivity index (χ1) is 41.3. The zero-order valence-electron chi connectivity index (χ0n) is 48.1. The average molecular weight is 1100 g/mol. The first-order valence-electron chi connectivity index (χ1n) is 28.3. The molecule has 3 N–H and O–H groups in total. The van der Waals surface area contributed by atoms with Gasteiger partial charge in [-0.25, -0.2) is 0 Å². The Labute approximate surface area is 495 Å². The number of nitrogens with two attached hydrogens (primary N) is 1. The van der Waals surface area contributed by atoms with Gasteiger partial charge in [0.15, 0.2) is 11.7 Å². The Hall–Kier alpha value is -10.7. The van der Waals surface area contributed by atoms with Crippen LogP contribution in [0.2, 0.25) is 0 Å². The van der Waals surface area contributed by atoms with Crippen molar-refractivity contribution in [2.75, 3.05) is 0 Å². The summed E-state index contributed by atoms with van der Waals surface area (Å²) in [5.74, 6) is 1.22. The van der Waals surface area contributed by atoms with Crippen LogP contribution in [-0.4, -0.2) is 21.2 Å². The van der Waals surface area contributed by atoms with Gasteiger partial charge in [0.05, 0.1) is 6.07 Å². The van der Waals surface area contributed by atoms with Crippen LogP contribution in [-0.2, 0) is 0 Å². The maximum absolute atomic E-state index is 8.71. The van der Waals surface area contributed by atoms with E-state index in [4.69, 9.17) is 20.7 Å². The lowest BCUT2D eigenvalue weighted by Crippen LogP contribution is -2.06. The van der Waals surface area contributed by atoms with Crippen molar-refractivity contribution in [1.82, 2.24) is 10.1 Å². The monoisotopic (exact) mass is 1100 g/mol. The topological polar surface area (TPSA) is 121 Å². The number of nitriles is 1. The van der Waals surface area contributed by atoms with Crippen molar-refractivity contribution in [2.45, 2.75) is 47.0 Å². The van der Waals surface area contributed by atoms with Crippen LogP contribution >= 0.6 is 0 Å². The fraction of sp³-hybridized carbons (Fsp3) is 0.0909. The molecule has 0 bridgehead atoms. The zero-order valence-corrected chi connectivity index (χ0v) is 48.1. The van der Waals surface area contributed by atoms with E-state index in [0.717, 1.165) is 41.5 Å². The Morgan fingerprint density at radius 1 is 0.429 bits per heavy atom. The molecule has 10 rings (SSSR count). The molecule has 0 spiro atoms. The van der Waals surface area contributed by atoms with Crippen molar-refractivity contribution < 1.29 is 9.73 Å². The molecule has 7 heteroatoms. The third-order valence-electron chi connectivity index (χ3n) is 14.0. The average Bonchev–Trinajstić information content (AvgIpc) is 4.13. The molecule has 1 aromatic heterocycles. The molecule has 84 heavy (non-hydrogen) atoms. The van der Waals surface area contributed by atoms with Crippen molar-refractivity contribution in [3.63, 3.8) is 0 Å². The van der Waals surface area contributed by atoms with Gasteiger partial charge in [0.2, 0.25) is 5.89 Å². The van der Waals surface area contributed by atoms with Gasteiger partial charge in [0.1, 0.15) is 0 Å². The van der Waals surface area contributed by atoms with Crippen molar-refractivity contribution in [1.29, 1.82) is 5.26 Å². The number of benzene rings is 9. The predicted molar refractivity (Wildman–Crippen MR) is 352 cm³/mol. The summed E-state index contributed by atoms with van der Waals surface area (Å²) in [6.07, 6.45) is 13.4. The molecule has 0 radical (unpaired) electrons. The lowest BCUT2D eigenvalue weighted by atomic mass is 9.88. The van der Waals surface area contributed by atoms with E-state index in [1.165, 1.54) is 84.0 Å². The zero-order chi connectivity index (χ0) is 58.7. The van der Waals surface area contributed by atoms with Crippen LogP contribution in [0.5, 0.6) is 0 Å². The molecule has 9 aromatic carbocycles. The maximum atomic E-state index is 8.71. The summed E-state index contributed by atoms with van der Waals surface area (Å²) in [6.45, 7) is 8.40. The maximum Gasteiger partial charge on any atom is 0.223 e. The lowest BCUT2D eigenvalue weighted by molar-refractivity contribution is 0.319. The first-order valence-corrected chi connectivity index (χ1v) is 28.3. The standard InChI is InChI=1S/C27H24N2O.C25H24N2O.C25H21N/c1-3-25(22-10-6-4-7-11-22)27(23-12-8-5-9-13-23)24-17-14-21(15-18-24)16-19-26-28-20(2)30-29-26;1-2-23(20-9-5-3-6-10-20)25(21-11-7-4-8-12-21)22-16-13-19(14-17-22)15-18-24(26)27-28;1-2-24(21-11-5-3-6-12-21)25(22-13-7-4-8-14-22)23-17-15-20(16-18-23)10-9-19-26/h4-19H,3H2,1-2H3;3-18,28H,2H2,1H3,(H2,26,27);3-18H,2H2,1H3/b19-16+,27-25-;18-15+,25-23-;10-9+,25-24-. The lowest BCUT2D eigenvalue weighted by Gasteiger charge is -2.16. The van der Waals surface area contributed by atoms with Crippen LogP contribution in [0.4, 0.5) is 0 Å². The fourth-order valence-corrected chi connectivity index (χ4v) is 10.0. The van der Waals surface area contributed by atoms with Gasteiger partial charge < -0.3 is 15.5 Å². The molecule has 0 saturated carbocycles. The molecule has 0 unspecified atom stereocenters. The van der Waals surface area contributed by atoms with Gasteiger partial charge in [-0.1, -0.05) is 298 Å². The second-order valence-electron chi connectivity index (χ2n) is 19.5. The van der Waals surface area contributed by atoms with Crippen LogP contribution in [0.1, 0.15) is 119 Å². The number of hydrogen-bond acceptors (Lipinski definition) is 6. The number of aromatic nitrogens is 2. The van der Waals surface area contributed by atoms with Crippen LogP contribution < -0.4 is 5.73 Å². The largest absolute Gasteiger partial charge is 0.409 e. The van der Waals surface area contributed by atoms with Gasteiger partial charge in [-0.15, -0.1) is 0 Å². The van der Waals surface area contributed by atoms with Gasteiger partial charge in [-0.3, -0.25) is 0 Å². The Bertz CT molecular complexity index is 3910. The molecule has 7 nitrogen and oxygen atoms in total. The minimum Gasteiger partial charge on any atom is -0.409 e. The van der Waals surface area contributed by atoms with Gasteiger partial charge in [-0.2, -0.15) is 10.2 Å². The van der Waals surface area contributed by atoms with E-state index < -0.39 is 0 Å². The normalized spacial score (nSPS) is 12.3. The Kier molecular flexibility index (Phi) is 22.2. The fourth-order valence-electron chi connectivity index (χ4n) is 10.0. The Morgan fingerprint density at radius 3 is 1.01 bits per heavy atom. The van der Waals surface area contributed by atoms with Crippen LogP contribution in [0.25, 0.3) is 57.7 Å². The van der Waals surface area contributed by atoms with Crippen molar-refractivity contribution >= 4 is 63.6 Å². The summed E-state index contributed by atoms with van der Waals surface area (Å²) in [7, 11) is 0. The number of rotatable bonds is 17. The molecule has 1 heterocycles. The number of nitrogens with zero attached hydrogens (tertiary/aromatic N) is 4. The number of amidine groups is 1. The van der Waals surface area contributed by atoms with E-state index in [0.29, 0.717) is 11.7 Å². The van der Waals surface area contributed by atoms with Crippen LogP contribution in [0.15, 0.2) is 277 Å². The van der Waals surface area contributed by atoms with E-state index in [-0.39, 0.29) is 5.84 Å². The van der Waals surface area contributed by atoms with Crippen LogP contribution in [0.3, 0.4) is 0 Å². The molecule has 0 fully saturated rings. The molecule has 0 aliphatic carbocycles.